The molecule has 1 amide bonds. The van der Waals surface area contributed by atoms with Gasteiger partial charge < -0.3 is 9.47 Å². The second kappa shape index (κ2) is 11.1. The monoisotopic (exact) mass is 607 g/mol. The molecule has 6 nitrogen and oxygen atoms in total. The highest BCUT2D eigenvalue weighted by Gasteiger charge is 2.13. The first-order chi connectivity index (χ1) is 15.4. The normalized spacial score (nSPS) is 10.6. The van der Waals surface area contributed by atoms with Crippen LogP contribution in [0, 0.1) is 20.7 Å². The molecule has 0 fully saturated rings. The van der Waals surface area contributed by atoms with Crippen molar-refractivity contribution in [2.24, 2.45) is 5.10 Å². The van der Waals surface area contributed by atoms with Crippen LogP contribution in [0.1, 0.15) is 27.0 Å². The van der Waals surface area contributed by atoms with Gasteiger partial charge in [-0.2, -0.15) is 10.4 Å². The highest BCUT2D eigenvalue weighted by molar-refractivity contribution is 14.1. The lowest BCUT2D eigenvalue weighted by atomic mass is 10.1. The Morgan fingerprint density at radius 2 is 2.00 bits per heavy atom. The molecule has 1 N–H and O–H groups in total. The topological polar surface area (TPSA) is 83.7 Å². The van der Waals surface area contributed by atoms with E-state index in [9.17, 15) is 9.18 Å². The molecule has 0 radical (unpaired) electrons. The standard InChI is InChI=1S/C23H16BrFIN3O3/c1-31-21-10-16(8-19(24)22(21)32-13-14-2-5-17(26)6-3-14)12-28-29-23(30)18-7-4-15(11-27)9-20(18)25/h2-10,12H,13H2,1H3,(H,29,30)/b28-12-. The minimum Gasteiger partial charge on any atom is -0.493 e. The number of benzene rings is 3. The van der Waals surface area contributed by atoms with E-state index in [2.05, 4.69) is 49.0 Å². The Balaban J connectivity index is 1.69. The van der Waals surface area contributed by atoms with E-state index in [1.807, 2.05) is 30.3 Å². The zero-order chi connectivity index (χ0) is 23.1. The van der Waals surface area contributed by atoms with Gasteiger partial charge in [0.15, 0.2) is 11.5 Å². The van der Waals surface area contributed by atoms with Crippen molar-refractivity contribution in [1.82, 2.24) is 5.43 Å². The molecule has 0 unspecified atom stereocenters. The molecular weight excluding hydrogens is 592 g/mol. The van der Waals surface area contributed by atoms with Gasteiger partial charge in [0, 0.05) is 3.57 Å². The first kappa shape index (κ1) is 23.7. The minimum atomic E-state index is -0.796. The van der Waals surface area contributed by atoms with Gasteiger partial charge in [0.2, 0.25) is 0 Å². The van der Waals surface area contributed by atoms with Gasteiger partial charge in [-0.3, -0.25) is 4.79 Å². The highest BCUT2D eigenvalue weighted by Crippen LogP contribution is 2.36. The molecule has 0 aliphatic carbocycles. The van der Waals surface area contributed by atoms with E-state index >= 15 is 0 Å². The third-order valence-electron chi connectivity index (χ3n) is 4.27. The van der Waals surface area contributed by atoms with Gasteiger partial charge in [-0.1, -0.05) is 12.1 Å². The maximum atomic E-state index is 13.9. The summed E-state index contributed by atoms with van der Waals surface area (Å²) in [7, 11) is 1.52. The summed E-state index contributed by atoms with van der Waals surface area (Å²) < 4.78 is 27.1. The Bertz CT molecular complexity index is 1210. The Morgan fingerprint density at radius 3 is 2.66 bits per heavy atom. The number of methoxy groups -OCH3 is 1. The Labute approximate surface area is 206 Å². The van der Waals surface area contributed by atoms with E-state index in [-0.39, 0.29) is 11.1 Å². The van der Waals surface area contributed by atoms with Gasteiger partial charge in [0.05, 0.1) is 35.0 Å². The molecule has 0 aliphatic heterocycles. The lowest BCUT2D eigenvalue weighted by Crippen LogP contribution is -2.19. The Hall–Kier alpha value is -2.97. The zero-order valence-corrected chi connectivity index (χ0v) is 20.5. The molecule has 0 aromatic heterocycles. The van der Waals surface area contributed by atoms with Crippen LogP contribution in [0.25, 0.3) is 0 Å². The molecule has 3 aromatic carbocycles. The summed E-state index contributed by atoms with van der Waals surface area (Å²) in [6.07, 6.45) is 1.40. The number of ether oxygens (including phenoxy) is 2. The van der Waals surface area contributed by atoms with Crippen molar-refractivity contribution in [1.29, 1.82) is 5.26 Å². The Morgan fingerprint density at radius 1 is 1.25 bits per heavy atom. The lowest BCUT2D eigenvalue weighted by Gasteiger charge is -2.13. The number of hydrogen-bond donors (Lipinski definition) is 1. The van der Waals surface area contributed by atoms with Gasteiger partial charge in [-0.15, -0.1) is 0 Å². The van der Waals surface area contributed by atoms with Gasteiger partial charge >= 0.3 is 0 Å². The van der Waals surface area contributed by atoms with Crippen LogP contribution in [0.4, 0.5) is 4.39 Å². The number of carbonyl (C=O) groups is 1. The number of hydrazone groups is 1. The van der Waals surface area contributed by atoms with Gasteiger partial charge in [0.1, 0.15) is 12.4 Å². The fourth-order valence-electron chi connectivity index (χ4n) is 2.68. The second-order valence-electron chi connectivity index (χ2n) is 6.45. The highest BCUT2D eigenvalue weighted by atomic mass is 127. The van der Waals surface area contributed by atoms with Crippen LogP contribution in [0.5, 0.6) is 11.5 Å². The first-order valence-corrected chi connectivity index (χ1v) is 11.1. The van der Waals surface area contributed by atoms with Crippen molar-refractivity contribution < 1.29 is 18.7 Å². The maximum Gasteiger partial charge on any atom is 0.274 e. The smallest absolute Gasteiger partial charge is 0.274 e. The van der Waals surface area contributed by atoms with E-state index < -0.39 is 11.7 Å². The maximum absolute atomic E-state index is 13.9. The molecule has 0 saturated carbocycles. The molecule has 0 saturated heterocycles. The number of carbonyl (C=O) groups excluding carboxylic acids is 1. The van der Waals surface area contributed by atoms with E-state index in [4.69, 9.17) is 14.7 Å². The van der Waals surface area contributed by atoms with E-state index in [1.54, 1.807) is 12.1 Å². The van der Waals surface area contributed by atoms with Crippen LogP contribution in [0.15, 0.2) is 64.2 Å². The van der Waals surface area contributed by atoms with Crippen molar-refractivity contribution in [2.45, 2.75) is 6.61 Å². The van der Waals surface area contributed by atoms with Crippen LogP contribution in [0.2, 0.25) is 0 Å². The molecule has 9 heteroatoms. The third kappa shape index (κ3) is 6.05. The average molecular weight is 608 g/mol. The number of amides is 1. The average Bonchev–Trinajstić information content (AvgIpc) is 2.78. The molecule has 3 rings (SSSR count). The van der Waals surface area contributed by atoms with Crippen LogP contribution >= 0.6 is 38.5 Å². The number of nitrogens with zero attached hydrogens (tertiary/aromatic N) is 2. The van der Waals surface area contributed by atoms with Crippen molar-refractivity contribution in [2.75, 3.05) is 7.11 Å². The van der Waals surface area contributed by atoms with Crippen LogP contribution < -0.4 is 14.9 Å². The number of rotatable bonds is 7. The molecular formula is C23H16BrFIN3O3. The molecule has 0 bridgehead atoms. The van der Waals surface area contributed by atoms with Gasteiger partial charge in [-0.05, 0) is 92.1 Å². The summed E-state index contributed by atoms with van der Waals surface area (Å²) in [4.78, 5) is 12.1. The number of nitriles is 1. The third-order valence-corrected chi connectivity index (χ3v) is 5.58. The van der Waals surface area contributed by atoms with Crippen LogP contribution in [-0.4, -0.2) is 19.2 Å². The van der Waals surface area contributed by atoms with Gasteiger partial charge in [0.25, 0.3) is 5.91 Å². The van der Waals surface area contributed by atoms with Crippen LogP contribution in [0.3, 0.4) is 0 Å². The summed E-state index contributed by atoms with van der Waals surface area (Å²) in [5.74, 6) is -0.509. The van der Waals surface area contributed by atoms with Crippen molar-refractivity contribution in [3.63, 3.8) is 0 Å². The largest absolute Gasteiger partial charge is 0.493 e. The summed E-state index contributed by atoms with van der Waals surface area (Å²) in [6, 6.07) is 16.8. The molecule has 0 heterocycles. The number of halogens is 3. The molecule has 0 aliphatic rings. The van der Waals surface area contributed by atoms with Crippen LogP contribution in [-0.2, 0) is 6.61 Å². The van der Waals surface area contributed by atoms with Gasteiger partial charge in [-0.25, -0.2) is 9.82 Å². The van der Waals surface area contributed by atoms with E-state index in [0.717, 1.165) is 15.2 Å². The van der Waals surface area contributed by atoms with Crippen molar-refractivity contribution in [3.8, 4) is 17.6 Å². The SMILES string of the molecule is COc1cc(/C=N\NC(=O)c2ccc(C#N)cc2F)cc(Br)c1OCc1ccc(I)cc1. The predicted molar refractivity (Wildman–Crippen MR) is 130 cm³/mol. The lowest BCUT2D eigenvalue weighted by molar-refractivity contribution is 0.0951. The Kier molecular flexibility index (Phi) is 8.19. The fourth-order valence-corrected chi connectivity index (χ4v) is 3.62. The second-order valence-corrected chi connectivity index (χ2v) is 8.55. The minimum absolute atomic E-state index is 0.129. The summed E-state index contributed by atoms with van der Waals surface area (Å²) in [5, 5.41) is 12.7. The molecule has 3 aromatic rings. The van der Waals surface area contributed by atoms with E-state index in [1.165, 1.54) is 25.5 Å². The summed E-state index contributed by atoms with van der Waals surface area (Å²) in [5.41, 5.74) is 3.83. The fraction of sp³-hybridized carbons (Fsp3) is 0.0870. The van der Waals surface area contributed by atoms with Crippen molar-refractivity contribution >= 4 is 50.6 Å². The molecule has 0 spiro atoms. The quantitative estimate of drug-likeness (QED) is 0.221. The number of hydrogen-bond acceptors (Lipinski definition) is 5. The zero-order valence-electron chi connectivity index (χ0n) is 16.7. The molecule has 32 heavy (non-hydrogen) atoms. The summed E-state index contributed by atoms with van der Waals surface area (Å²) >= 11 is 5.72. The first-order valence-electron chi connectivity index (χ1n) is 9.19. The predicted octanol–water partition coefficient (Wildman–Crippen LogP) is 5.42. The number of nitrogens with one attached hydrogen (secondary N) is 1. The molecule has 0 atom stereocenters. The van der Waals surface area contributed by atoms with E-state index in [0.29, 0.717) is 28.1 Å². The van der Waals surface area contributed by atoms with Crippen molar-refractivity contribution in [3.05, 3.63) is 90.7 Å². The summed E-state index contributed by atoms with van der Waals surface area (Å²) in [6.45, 7) is 0.367. The molecule has 162 valence electrons.